The molecule has 0 spiro atoms. The lowest BCUT2D eigenvalue weighted by molar-refractivity contribution is 0.243. The van der Waals surface area contributed by atoms with Crippen LogP contribution in [0.2, 0.25) is 0 Å². The van der Waals surface area contributed by atoms with Crippen LogP contribution in [0.1, 0.15) is 41.9 Å². The molecule has 1 saturated heterocycles. The van der Waals surface area contributed by atoms with Gasteiger partial charge in [-0.3, -0.25) is 9.58 Å². The van der Waals surface area contributed by atoms with E-state index in [9.17, 15) is 9.50 Å². The van der Waals surface area contributed by atoms with Crippen molar-refractivity contribution >= 4 is 0 Å². The van der Waals surface area contributed by atoms with Crippen molar-refractivity contribution in [3.8, 4) is 0 Å². The van der Waals surface area contributed by atoms with Gasteiger partial charge in [0.25, 0.3) is 0 Å². The van der Waals surface area contributed by atoms with Crippen molar-refractivity contribution in [3.63, 3.8) is 0 Å². The SMILES string of the molecule is Cc1nn(CCO)c(C)c1CN1CC(C)CC1c1cccc(F)c1. The second-order valence-electron chi connectivity index (χ2n) is 6.94. The van der Waals surface area contributed by atoms with Gasteiger partial charge in [0.2, 0.25) is 0 Å². The van der Waals surface area contributed by atoms with Crippen LogP contribution in [0.5, 0.6) is 0 Å². The maximum atomic E-state index is 13.6. The van der Waals surface area contributed by atoms with Gasteiger partial charge in [-0.2, -0.15) is 5.10 Å². The topological polar surface area (TPSA) is 41.3 Å². The minimum absolute atomic E-state index is 0.0913. The summed E-state index contributed by atoms with van der Waals surface area (Å²) in [4.78, 5) is 2.43. The Labute approximate surface area is 142 Å². The van der Waals surface area contributed by atoms with E-state index in [1.54, 1.807) is 12.1 Å². The zero-order chi connectivity index (χ0) is 17.3. The Kier molecular flexibility index (Phi) is 5.01. The Bertz CT molecular complexity index is 713. The minimum atomic E-state index is -0.171. The third-order valence-electron chi connectivity index (χ3n) is 5.05. The van der Waals surface area contributed by atoms with Gasteiger partial charge in [0, 0.05) is 30.4 Å². The molecule has 130 valence electrons. The standard InChI is InChI=1S/C19H26FN3O/c1-13-9-19(16-5-4-6-17(20)10-16)22(11-13)12-18-14(2)21-23(7-8-24)15(18)3/h4-6,10,13,19,24H,7-9,11-12H2,1-3H3. The summed E-state index contributed by atoms with van der Waals surface area (Å²) in [5.74, 6) is 0.418. The van der Waals surface area contributed by atoms with E-state index < -0.39 is 0 Å². The van der Waals surface area contributed by atoms with Crippen LogP contribution in [-0.4, -0.2) is 32.9 Å². The fourth-order valence-electron chi connectivity index (χ4n) is 3.85. The van der Waals surface area contributed by atoms with Crippen LogP contribution in [0.15, 0.2) is 24.3 Å². The van der Waals surface area contributed by atoms with Crippen LogP contribution in [0.25, 0.3) is 0 Å². The van der Waals surface area contributed by atoms with E-state index in [-0.39, 0.29) is 18.5 Å². The second kappa shape index (κ2) is 7.03. The van der Waals surface area contributed by atoms with Crippen LogP contribution in [0, 0.1) is 25.6 Å². The first-order chi connectivity index (χ1) is 11.5. The Morgan fingerprint density at radius 2 is 2.12 bits per heavy atom. The fraction of sp³-hybridized carbons (Fsp3) is 0.526. The highest BCUT2D eigenvalue weighted by atomic mass is 19.1. The van der Waals surface area contributed by atoms with Crippen LogP contribution in [-0.2, 0) is 13.1 Å². The quantitative estimate of drug-likeness (QED) is 0.915. The largest absolute Gasteiger partial charge is 0.394 e. The second-order valence-corrected chi connectivity index (χ2v) is 6.94. The summed E-state index contributed by atoms with van der Waals surface area (Å²) in [5.41, 5.74) is 4.40. The Hall–Kier alpha value is -1.72. The summed E-state index contributed by atoms with van der Waals surface area (Å²) in [6.07, 6.45) is 1.05. The van der Waals surface area contributed by atoms with Crippen LogP contribution in [0.4, 0.5) is 4.39 Å². The number of aryl methyl sites for hydroxylation is 1. The first kappa shape index (κ1) is 17.1. The average Bonchev–Trinajstić information content (AvgIpc) is 3.03. The van der Waals surface area contributed by atoms with Gasteiger partial charge in [-0.05, 0) is 43.9 Å². The van der Waals surface area contributed by atoms with Crippen molar-refractivity contribution in [1.29, 1.82) is 0 Å². The molecule has 0 amide bonds. The van der Waals surface area contributed by atoms with Crippen molar-refractivity contribution in [2.24, 2.45) is 5.92 Å². The van der Waals surface area contributed by atoms with E-state index >= 15 is 0 Å². The number of benzene rings is 1. The molecule has 1 fully saturated rings. The summed E-state index contributed by atoms with van der Waals surface area (Å²) < 4.78 is 15.5. The Morgan fingerprint density at radius 3 is 2.83 bits per heavy atom. The molecule has 1 aromatic carbocycles. The lowest BCUT2D eigenvalue weighted by Crippen LogP contribution is -2.24. The summed E-state index contributed by atoms with van der Waals surface area (Å²) >= 11 is 0. The smallest absolute Gasteiger partial charge is 0.123 e. The number of halogens is 1. The molecular weight excluding hydrogens is 305 g/mol. The van der Waals surface area contributed by atoms with Crippen LogP contribution >= 0.6 is 0 Å². The lowest BCUT2D eigenvalue weighted by atomic mass is 10.0. The van der Waals surface area contributed by atoms with E-state index in [1.807, 2.05) is 17.7 Å². The third kappa shape index (κ3) is 3.37. The van der Waals surface area contributed by atoms with E-state index in [1.165, 1.54) is 11.6 Å². The molecule has 1 aromatic heterocycles. The predicted octanol–water partition coefficient (Wildman–Crippen LogP) is 3.21. The molecule has 0 saturated carbocycles. The van der Waals surface area contributed by atoms with Crippen molar-refractivity contribution < 1.29 is 9.50 Å². The number of aliphatic hydroxyl groups excluding tert-OH is 1. The number of rotatable bonds is 5. The first-order valence-corrected chi connectivity index (χ1v) is 8.62. The fourth-order valence-corrected chi connectivity index (χ4v) is 3.85. The predicted molar refractivity (Wildman–Crippen MR) is 92.1 cm³/mol. The average molecular weight is 331 g/mol. The summed E-state index contributed by atoms with van der Waals surface area (Å²) in [6.45, 7) is 8.76. The monoisotopic (exact) mass is 331 g/mol. The van der Waals surface area contributed by atoms with Gasteiger partial charge in [0.15, 0.2) is 0 Å². The maximum absolute atomic E-state index is 13.6. The molecule has 1 aliphatic rings. The van der Waals surface area contributed by atoms with Gasteiger partial charge in [-0.25, -0.2) is 4.39 Å². The maximum Gasteiger partial charge on any atom is 0.123 e. The van der Waals surface area contributed by atoms with Gasteiger partial charge in [-0.1, -0.05) is 19.1 Å². The number of hydrogen-bond donors (Lipinski definition) is 1. The molecule has 0 radical (unpaired) electrons. The summed E-state index contributed by atoms with van der Waals surface area (Å²) in [5, 5.41) is 13.7. The molecule has 0 bridgehead atoms. The normalized spacial score (nSPS) is 21.5. The molecule has 24 heavy (non-hydrogen) atoms. The number of aromatic nitrogens is 2. The Morgan fingerprint density at radius 1 is 1.33 bits per heavy atom. The van der Waals surface area contributed by atoms with E-state index in [2.05, 4.69) is 23.8 Å². The zero-order valence-corrected chi connectivity index (χ0v) is 14.7. The molecule has 1 aliphatic heterocycles. The van der Waals surface area contributed by atoms with Crippen molar-refractivity contribution in [3.05, 3.63) is 52.6 Å². The molecule has 0 aliphatic carbocycles. The first-order valence-electron chi connectivity index (χ1n) is 8.62. The number of aliphatic hydroxyl groups is 1. The van der Waals surface area contributed by atoms with Gasteiger partial charge < -0.3 is 5.11 Å². The van der Waals surface area contributed by atoms with Gasteiger partial charge in [0.1, 0.15) is 5.82 Å². The molecule has 1 N–H and O–H groups in total. The van der Waals surface area contributed by atoms with E-state index in [4.69, 9.17) is 0 Å². The summed E-state index contributed by atoms with van der Waals surface area (Å²) in [7, 11) is 0. The number of nitrogens with zero attached hydrogens (tertiary/aromatic N) is 3. The molecular formula is C19H26FN3O. The Balaban J connectivity index is 1.85. The van der Waals surface area contributed by atoms with Gasteiger partial charge in [0.05, 0.1) is 18.8 Å². The van der Waals surface area contributed by atoms with Gasteiger partial charge in [-0.15, -0.1) is 0 Å². The minimum Gasteiger partial charge on any atom is -0.394 e. The highest BCUT2D eigenvalue weighted by Crippen LogP contribution is 2.37. The van der Waals surface area contributed by atoms with E-state index in [0.29, 0.717) is 12.5 Å². The van der Waals surface area contributed by atoms with Crippen molar-refractivity contribution in [2.45, 2.75) is 46.3 Å². The lowest BCUT2D eigenvalue weighted by Gasteiger charge is -2.25. The molecule has 3 rings (SSSR count). The molecule has 5 heteroatoms. The van der Waals surface area contributed by atoms with Crippen LogP contribution in [0.3, 0.4) is 0 Å². The number of hydrogen-bond acceptors (Lipinski definition) is 3. The number of likely N-dealkylation sites (tertiary alicyclic amines) is 1. The molecule has 2 heterocycles. The highest BCUT2D eigenvalue weighted by Gasteiger charge is 2.32. The molecule has 2 atom stereocenters. The van der Waals surface area contributed by atoms with Crippen LogP contribution < -0.4 is 0 Å². The van der Waals surface area contributed by atoms with Crippen molar-refractivity contribution in [1.82, 2.24) is 14.7 Å². The van der Waals surface area contributed by atoms with E-state index in [0.717, 1.165) is 36.5 Å². The zero-order valence-electron chi connectivity index (χ0n) is 14.7. The van der Waals surface area contributed by atoms with Crippen molar-refractivity contribution in [2.75, 3.05) is 13.2 Å². The summed E-state index contributed by atoms with van der Waals surface area (Å²) in [6, 6.07) is 7.22. The molecule has 2 aromatic rings. The molecule has 4 nitrogen and oxygen atoms in total. The van der Waals surface area contributed by atoms with Gasteiger partial charge >= 0.3 is 0 Å². The third-order valence-corrected chi connectivity index (χ3v) is 5.05. The molecule has 2 unspecified atom stereocenters. The highest BCUT2D eigenvalue weighted by molar-refractivity contribution is 5.26.